The smallest absolute Gasteiger partial charge is 0.337 e. The molecule has 0 saturated heterocycles. The molecular weight excluding hydrogens is 337 g/mol. The van der Waals surface area contributed by atoms with Crippen LogP contribution < -0.4 is 0 Å². The average Bonchev–Trinajstić information content (AvgIpc) is 2.37. The highest BCUT2D eigenvalue weighted by Gasteiger charge is 2.26. The van der Waals surface area contributed by atoms with Gasteiger partial charge in [-0.3, -0.25) is 0 Å². The molecule has 0 fully saturated rings. The van der Waals surface area contributed by atoms with E-state index in [0.29, 0.717) is 6.54 Å². The predicted molar refractivity (Wildman–Crippen MR) is 82.8 cm³/mol. The zero-order valence-corrected chi connectivity index (χ0v) is 14.1. The summed E-state index contributed by atoms with van der Waals surface area (Å²) in [6.45, 7) is 2.36. The van der Waals surface area contributed by atoms with Crippen LogP contribution in [0.25, 0.3) is 0 Å². The number of benzene rings is 1. The van der Waals surface area contributed by atoms with E-state index in [2.05, 4.69) is 0 Å². The molecule has 0 saturated carbocycles. The quantitative estimate of drug-likeness (QED) is 0.761. The molecule has 1 aromatic rings. The van der Waals surface area contributed by atoms with E-state index in [1.807, 2.05) is 6.92 Å². The summed E-state index contributed by atoms with van der Waals surface area (Å²) >= 11 is 11.7. The lowest BCUT2D eigenvalue weighted by molar-refractivity contribution is 0.0697. The Hall–Kier alpha value is -0.820. The van der Waals surface area contributed by atoms with Gasteiger partial charge in [0.15, 0.2) is 0 Å². The van der Waals surface area contributed by atoms with Gasteiger partial charge in [-0.1, -0.05) is 43.0 Å². The minimum absolute atomic E-state index is 0.0904. The van der Waals surface area contributed by atoms with Gasteiger partial charge in [-0.25, -0.2) is 17.5 Å². The van der Waals surface area contributed by atoms with Crippen molar-refractivity contribution >= 4 is 39.2 Å². The Balaban J connectivity index is 3.19. The van der Waals surface area contributed by atoms with E-state index in [4.69, 9.17) is 28.3 Å². The van der Waals surface area contributed by atoms with E-state index in [1.165, 1.54) is 11.4 Å². The second-order valence-electron chi connectivity index (χ2n) is 4.60. The maximum Gasteiger partial charge on any atom is 0.337 e. The maximum atomic E-state index is 12.4. The number of nitrogens with zero attached hydrogens (tertiary/aromatic N) is 1. The molecule has 0 heterocycles. The number of carbonyl (C=O) groups is 1. The van der Waals surface area contributed by atoms with Crippen LogP contribution in [0.1, 0.15) is 36.5 Å². The first-order valence-corrected chi connectivity index (χ1v) is 8.60. The third-order valence-electron chi connectivity index (χ3n) is 3.02. The first kappa shape index (κ1) is 18.2. The van der Waals surface area contributed by atoms with Crippen molar-refractivity contribution in [2.45, 2.75) is 31.1 Å². The fourth-order valence-corrected chi connectivity index (χ4v) is 3.80. The summed E-state index contributed by atoms with van der Waals surface area (Å²) in [6.07, 6.45) is 2.61. The van der Waals surface area contributed by atoms with Crippen LogP contribution in [-0.2, 0) is 10.0 Å². The zero-order valence-electron chi connectivity index (χ0n) is 11.8. The van der Waals surface area contributed by atoms with Gasteiger partial charge in [-0.15, -0.1) is 0 Å². The Kier molecular flexibility index (Phi) is 6.46. The zero-order chi connectivity index (χ0) is 16.2. The van der Waals surface area contributed by atoms with Crippen LogP contribution in [0, 0.1) is 0 Å². The highest BCUT2D eigenvalue weighted by molar-refractivity contribution is 7.89. The Morgan fingerprint density at radius 2 is 1.86 bits per heavy atom. The molecule has 1 aromatic carbocycles. The minimum atomic E-state index is -3.84. The molecule has 0 unspecified atom stereocenters. The van der Waals surface area contributed by atoms with Gasteiger partial charge >= 0.3 is 5.97 Å². The van der Waals surface area contributed by atoms with Crippen molar-refractivity contribution in [3.05, 3.63) is 27.7 Å². The summed E-state index contributed by atoms with van der Waals surface area (Å²) in [5.41, 5.74) is -0.290. The van der Waals surface area contributed by atoms with Crippen molar-refractivity contribution in [2.75, 3.05) is 13.6 Å². The molecule has 1 rings (SSSR count). The number of carboxylic acid groups (broad SMARTS) is 1. The van der Waals surface area contributed by atoms with Gasteiger partial charge in [0.1, 0.15) is 4.90 Å². The van der Waals surface area contributed by atoms with Crippen LogP contribution in [0.4, 0.5) is 0 Å². The van der Waals surface area contributed by atoms with E-state index in [-0.39, 0.29) is 20.5 Å². The van der Waals surface area contributed by atoms with Gasteiger partial charge in [-0.05, 0) is 18.6 Å². The SMILES string of the molecule is CCCCCN(C)S(=O)(=O)c1cc(C(=O)O)c(Cl)cc1Cl. The maximum absolute atomic E-state index is 12.4. The molecular formula is C13H17Cl2NO4S. The monoisotopic (exact) mass is 353 g/mol. The lowest BCUT2D eigenvalue weighted by Gasteiger charge is -2.18. The van der Waals surface area contributed by atoms with Crippen molar-refractivity contribution in [1.82, 2.24) is 4.31 Å². The van der Waals surface area contributed by atoms with E-state index in [9.17, 15) is 13.2 Å². The summed E-state index contributed by atoms with van der Waals surface area (Å²) in [4.78, 5) is 10.8. The first-order chi connectivity index (χ1) is 9.71. The molecule has 0 radical (unpaired) electrons. The summed E-state index contributed by atoms with van der Waals surface area (Å²) in [6, 6.07) is 2.14. The molecule has 0 spiro atoms. The Morgan fingerprint density at radius 1 is 1.24 bits per heavy atom. The number of unbranched alkanes of at least 4 members (excludes halogenated alkanes) is 2. The van der Waals surface area contributed by atoms with Gasteiger partial charge in [0.25, 0.3) is 0 Å². The highest BCUT2D eigenvalue weighted by atomic mass is 35.5. The Labute approximate surface area is 134 Å². The molecule has 8 heteroatoms. The number of halogens is 2. The van der Waals surface area contributed by atoms with Crippen molar-refractivity contribution in [1.29, 1.82) is 0 Å². The number of rotatable bonds is 7. The fraction of sp³-hybridized carbons (Fsp3) is 0.462. The second kappa shape index (κ2) is 7.45. The van der Waals surface area contributed by atoms with Crippen LogP contribution in [0.5, 0.6) is 0 Å². The van der Waals surface area contributed by atoms with Crippen LogP contribution in [0.15, 0.2) is 17.0 Å². The van der Waals surface area contributed by atoms with Gasteiger partial charge < -0.3 is 5.11 Å². The van der Waals surface area contributed by atoms with Gasteiger partial charge in [-0.2, -0.15) is 0 Å². The molecule has 0 aliphatic carbocycles. The first-order valence-electron chi connectivity index (χ1n) is 6.40. The van der Waals surface area contributed by atoms with E-state index >= 15 is 0 Å². The average molecular weight is 354 g/mol. The predicted octanol–water partition coefficient (Wildman–Crippen LogP) is 3.50. The largest absolute Gasteiger partial charge is 0.478 e. The number of aromatic carboxylic acids is 1. The normalized spacial score (nSPS) is 11.9. The number of hydrogen-bond donors (Lipinski definition) is 1. The van der Waals surface area contributed by atoms with Gasteiger partial charge in [0.05, 0.1) is 15.6 Å². The van der Waals surface area contributed by atoms with E-state index in [1.54, 1.807) is 0 Å². The topological polar surface area (TPSA) is 74.7 Å². The molecule has 0 aliphatic heterocycles. The van der Waals surface area contributed by atoms with Crippen LogP contribution in [0.2, 0.25) is 10.0 Å². The molecule has 0 aliphatic rings. The second-order valence-corrected chi connectivity index (χ2v) is 7.43. The molecule has 0 atom stereocenters. The fourth-order valence-electron chi connectivity index (χ4n) is 1.76. The van der Waals surface area contributed by atoms with Crippen molar-refractivity contribution in [3.8, 4) is 0 Å². The molecule has 0 amide bonds. The molecule has 1 N–H and O–H groups in total. The standard InChI is InChI=1S/C13H17Cl2NO4S/c1-3-4-5-6-16(2)21(19,20)12-7-9(13(17)18)10(14)8-11(12)15/h7-8H,3-6H2,1-2H3,(H,17,18). The molecule has 118 valence electrons. The van der Waals surface area contributed by atoms with E-state index < -0.39 is 16.0 Å². The van der Waals surface area contributed by atoms with Crippen molar-refractivity contribution in [2.24, 2.45) is 0 Å². The van der Waals surface area contributed by atoms with E-state index in [0.717, 1.165) is 31.4 Å². The Morgan fingerprint density at radius 3 is 2.38 bits per heavy atom. The highest BCUT2D eigenvalue weighted by Crippen LogP contribution is 2.30. The van der Waals surface area contributed by atoms with Crippen molar-refractivity contribution in [3.63, 3.8) is 0 Å². The summed E-state index contributed by atoms with van der Waals surface area (Å²) < 4.78 is 26.0. The van der Waals surface area contributed by atoms with Gasteiger partial charge in [0.2, 0.25) is 10.0 Å². The lowest BCUT2D eigenvalue weighted by Crippen LogP contribution is -2.28. The molecule has 21 heavy (non-hydrogen) atoms. The number of hydrogen-bond acceptors (Lipinski definition) is 3. The van der Waals surface area contributed by atoms with Gasteiger partial charge in [0, 0.05) is 13.6 Å². The third-order valence-corrected chi connectivity index (χ3v) is 5.65. The third kappa shape index (κ3) is 4.32. The van der Waals surface area contributed by atoms with Crippen LogP contribution >= 0.6 is 23.2 Å². The molecule has 0 bridgehead atoms. The number of carboxylic acids is 1. The Bertz CT molecular complexity index is 631. The summed E-state index contributed by atoms with van der Waals surface area (Å²) in [7, 11) is -2.40. The molecule has 5 nitrogen and oxygen atoms in total. The van der Waals surface area contributed by atoms with Crippen LogP contribution in [0.3, 0.4) is 0 Å². The van der Waals surface area contributed by atoms with Crippen molar-refractivity contribution < 1.29 is 18.3 Å². The lowest BCUT2D eigenvalue weighted by atomic mass is 10.2. The number of sulfonamides is 1. The van der Waals surface area contributed by atoms with Crippen LogP contribution in [-0.4, -0.2) is 37.4 Å². The minimum Gasteiger partial charge on any atom is -0.478 e. The summed E-state index contributed by atoms with van der Waals surface area (Å²) in [5.74, 6) is -1.30. The summed E-state index contributed by atoms with van der Waals surface area (Å²) in [5, 5.41) is 8.84. The molecule has 0 aromatic heterocycles.